The fraction of sp³-hybridized carbons (Fsp3) is 0.625. The lowest BCUT2D eigenvalue weighted by Gasteiger charge is -2.46. The summed E-state index contributed by atoms with van der Waals surface area (Å²) in [6.07, 6.45) is 1.55. The molecule has 1 atom stereocenters. The lowest BCUT2D eigenvalue weighted by molar-refractivity contribution is 0.0190. The molecule has 2 aliphatic rings. The molecule has 9 heteroatoms. The van der Waals surface area contributed by atoms with E-state index in [-0.39, 0.29) is 5.91 Å². The number of likely N-dealkylation sites (N-methyl/N-ethyl adjacent to an activating group) is 1. The number of hydrogen-bond acceptors (Lipinski definition) is 7. The van der Waals surface area contributed by atoms with Gasteiger partial charge >= 0.3 is 0 Å². The summed E-state index contributed by atoms with van der Waals surface area (Å²) in [7, 11) is 2.15. The van der Waals surface area contributed by atoms with Crippen LogP contribution in [0.15, 0.2) is 6.33 Å². The lowest BCUT2D eigenvalue weighted by Crippen LogP contribution is -2.62. The Hall–Kier alpha value is -1.84. The Kier molecular flexibility index (Phi) is 4.30. The molecule has 25 heavy (non-hydrogen) atoms. The third kappa shape index (κ3) is 2.96. The van der Waals surface area contributed by atoms with Crippen molar-refractivity contribution in [3.63, 3.8) is 0 Å². The SMILES string of the molecule is Cc1sc(-n2cnnn2)c(C(=O)N2CCN3CCN(C)C[C@@H]3C2)c1C. The van der Waals surface area contributed by atoms with Gasteiger partial charge in [0.1, 0.15) is 11.3 Å². The predicted octanol–water partition coefficient (Wildman–Crippen LogP) is 0.412. The summed E-state index contributed by atoms with van der Waals surface area (Å²) in [5.41, 5.74) is 1.77. The molecule has 0 aromatic carbocycles. The minimum Gasteiger partial charge on any atom is -0.336 e. The first-order valence-electron chi connectivity index (χ1n) is 8.60. The van der Waals surface area contributed by atoms with E-state index < -0.39 is 0 Å². The summed E-state index contributed by atoms with van der Waals surface area (Å²) >= 11 is 1.57. The number of aromatic nitrogens is 4. The molecule has 4 heterocycles. The molecule has 2 saturated heterocycles. The van der Waals surface area contributed by atoms with Crippen LogP contribution >= 0.6 is 11.3 Å². The maximum absolute atomic E-state index is 13.3. The zero-order valence-electron chi connectivity index (χ0n) is 14.8. The van der Waals surface area contributed by atoms with Crippen molar-refractivity contribution in [2.45, 2.75) is 19.9 Å². The van der Waals surface area contributed by atoms with Crippen LogP contribution in [0.4, 0.5) is 0 Å². The largest absolute Gasteiger partial charge is 0.336 e. The minimum atomic E-state index is 0.0974. The van der Waals surface area contributed by atoms with E-state index in [0.717, 1.165) is 60.3 Å². The number of tetrazole rings is 1. The maximum atomic E-state index is 13.3. The number of hydrogen-bond donors (Lipinski definition) is 0. The number of fused-ring (bicyclic) bond motifs is 1. The topological polar surface area (TPSA) is 70.4 Å². The Balaban J connectivity index is 1.61. The van der Waals surface area contributed by atoms with Crippen LogP contribution in [0.5, 0.6) is 0 Å². The molecule has 0 spiro atoms. The molecule has 134 valence electrons. The van der Waals surface area contributed by atoms with Gasteiger partial charge in [-0.05, 0) is 36.9 Å². The van der Waals surface area contributed by atoms with Crippen molar-refractivity contribution in [3.05, 3.63) is 22.3 Å². The van der Waals surface area contributed by atoms with Crippen LogP contribution in [-0.2, 0) is 0 Å². The molecule has 2 aromatic rings. The van der Waals surface area contributed by atoms with Gasteiger partial charge in [0.15, 0.2) is 0 Å². The highest BCUT2D eigenvalue weighted by atomic mass is 32.1. The van der Waals surface area contributed by atoms with E-state index in [4.69, 9.17) is 0 Å². The van der Waals surface area contributed by atoms with E-state index in [1.54, 1.807) is 22.3 Å². The highest BCUT2D eigenvalue weighted by Gasteiger charge is 2.35. The van der Waals surface area contributed by atoms with Crippen LogP contribution in [-0.4, -0.2) is 93.2 Å². The standard InChI is InChI=1S/C16H23N7OS/c1-11-12(2)25-16(23-10-17-18-19-23)14(11)15(24)22-7-6-21-5-4-20(3)8-13(21)9-22/h10,13H,4-9H2,1-3H3/t13-/m1/s1. The number of rotatable bonds is 2. The highest BCUT2D eigenvalue weighted by molar-refractivity contribution is 7.15. The van der Waals surface area contributed by atoms with E-state index in [0.29, 0.717) is 6.04 Å². The van der Waals surface area contributed by atoms with Gasteiger partial charge in [0.05, 0.1) is 5.56 Å². The maximum Gasteiger partial charge on any atom is 0.257 e. The summed E-state index contributed by atoms with van der Waals surface area (Å²) < 4.78 is 1.60. The third-order valence-corrected chi connectivity index (χ3v) is 6.52. The zero-order chi connectivity index (χ0) is 17.6. The van der Waals surface area contributed by atoms with Crippen molar-refractivity contribution in [1.29, 1.82) is 0 Å². The van der Waals surface area contributed by atoms with E-state index in [1.807, 2.05) is 18.7 Å². The second-order valence-electron chi connectivity index (χ2n) is 6.92. The predicted molar refractivity (Wildman–Crippen MR) is 95.3 cm³/mol. The molecule has 0 unspecified atom stereocenters. The first-order chi connectivity index (χ1) is 12.0. The minimum absolute atomic E-state index is 0.0974. The average Bonchev–Trinajstić information content (AvgIpc) is 3.23. The fourth-order valence-corrected chi connectivity index (χ4v) is 4.79. The number of carbonyl (C=O) groups is 1. The van der Waals surface area contributed by atoms with E-state index in [9.17, 15) is 4.79 Å². The summed E-state index contributed by atoms with van der Waals surface area (Å²) in [5.74, 6) is 0.0974. The van der Waals surface area contributed by atoms with Gasteiger partial charge in [-0.25, -0.2) is 0 Å². The number of thiophene rings is 1. The van der Waals surface area contributed by atoms with Crippen molar-refractivity contribution in [2.75, 3.05) is 46.3 Å². The summed E-state index contributed by atoms with van der Waals surface area (Å²) in [6.45, 7) is 9.79. The Morgan fingerprint density at radius 2 is 2.00 bits per heavy atom. The van der Waals surface area contributed by atoms with Gasteiger partial charge in [-0.2, -0.15) is 4.68 Å². The molecular weight excluding hydrogens is 338 g/mol. The van der Waals surface area contributed by atoms with Gasteiger partial charge in [-0.3, -0.25) is 9.69 Å². The number of amides is 1. The molecule has 2 fully saturated rings. The summed E-state index contributed by atoms with van der Waals surface area (Å²) in [6, 6.07) is 0.424. The van der Waals surface area contributed by atoms with Crippen LogP contribution in [0.1, 0.15) is 20.8 Å². The number of piperazine rings is 2. The van der Waals surface area contributed by atoms with E-state index in [2.05, 4.69) is 32.4 Å². The van der Waals surface area contributed by atoms with Gasteiger partial charge in [0, 0.05) is 50.2 Å². The average molecular weight is 361 g/mol. The van der Waals surface area contributed by atoms with Crippen LogP contribution < -0.4 is 0 Å². The molecule has 2 aliphatic heterocycles. The van der Waals surface area contributed by atoms with Crippen molar-refractivity contribution < 1.29 is 4.79 Å². The first kappa shape index (κ1) is 16.6. The molecular formula is C16H23N7OS. The monoisotopic (exact) mass is 361 g/mol. The quantitative estimate of drug-likeness (QED) is 0.772. The third-order valence-electron chi connectivity index (χ3n) is 5.32. The van der Waals surface area contributed by atoms with Crippen LogP contribution in [0.3, 0.4) is 0 Å². The van der Waals surface area contributed by atoms with Gasteiger partial charge in [0.2, 0.25) is 0 Å². The summed E-state index contributed by atoms with van der Waals surface area (Å²) in [4.78, 5) is 21.3. The smallest absolute Gasteiger partial charge is 0.257 e. The molecule has 4 rings (SSSR count). The van der Waals surface area contributed by atoms with E-state index >= 15 is 0 Å². The van der Waals surface area contributed by atoms with Gasteiger partial charge < -0.3 is 9.80 Å². The van der Waals surface area contributed by atoms with Crippen molar-refractivity contribution in [1.82, 2.24) is 34.9 Å². The molecule has 0 saturated carbocycles. The normalized spacial score (nSPS) is 22.2. The molecule has 0 aliphatic carbocycles. The molecule has 2 aromatic heterocycles. The van der Waals surface area contributed by atoms with Crippen molar-refractivity contribution in [2.24, 2.45) is 0 Å². The van der Waals surface area contributed by atoms with Gasteiger partial charge in [-0.15, -0.1) is 16.4 Å². The van der Waals surface area contributed by atoms with Crippen molar-refractivity contribution in [3.8, 4) is 5.00 Å². The Labute approximate surface area is 151 Å². The second-order valence-corrected chi connectivity index (χ2v) is 8.12. The summed E-state index contributed by atoms with van der Waals surface area (Å²) in [5, 5.41) is 12.2. The molecule has 1 amide bonds. The highest BCUT2D eigenvalue weighted by Crippen LogP contribution is 2.31. The number of carbonyl (C=O) groups excluding carboxylic acids is 1. The molecule has 0 radical (unpaired) electrons. The van der Waals surface area contributed by atoms with Crippen LogP contribution in [0.25, 0.3) is 5.00 Å². The Morgan fingerprint density at radius 3 is 2.76 bits per heavy atom. The van der Waals surface area contributed by atoms with Crippen molar-refractivity contribution >= 4 is 17.2 Å². The van der Waals surface area contributed by atoms with Gasteiger partial charge in [-0.1, -0.05) is 0 Å². The fourth-order valence-electron chi connectivity index (χ4n) is 3.73. The molecule has 0 bridgehead atoms. The molecule has 8 nitrogen and oxygen atoms in total. The second kappa shape index (κ2) is 6.47. The number of nitrogens with zero attached hydrogens (tertiary/aromatic N) is 7. The number of aryl methyl sites for hydroxylation is 1. The first-order valence-corrected chi connectivity index (χ1v) is 9.41. The Bertz CT molecular complexity index is 772. The van der Waals surface area contributed by atoms with Crippen LogP contribution in [0, 0.1) is 13.8 Å². The van der Waals surface area contributed by atoms with E-state index in [1.165, 1.54) is 0 Å². The zero-order valence-corrected chi connectivity index (χ0v) is 15.7. The lowest BCUT2D eigenvalue weighted by atomic mass is 10.1. The molecule has 0 N–H and O–H groups in total. The van der Waals surface area contributed by atoms with Gasteiger partial charge in [0.25, 0.3) is 5.91 Å². The Morgan fingerprint density at radius 1 is 1.20 bits per heavy atom. The van der Waals surface area contributed by atoms with Crippen LogP contribution in [0.2, 0.25) is 0 Å².